The van der Waals surface area contributed by atoms with E-state index in [0.717, 1.165) is 23.4 Å². The second-order valence-electron chi connectivity index (χ2n) is 6.43. The van der Waals surface area contributed by atoms with Gasteiger partial charge in [0.15, 0.2) is 11.5 Å². The fourth-order valence-corrected chi connectivity index (χ4v) is 3.26. The molecule has 2 N–H and O–H groups in total. The summed E-state index contributed by atoms with van der Waals surface area (Å²) in [5.41, 5.74) is 7.10. The molecular weight excluding hydrogens is 388 g/mol. The Kier molecular flexibility index (Phi) is 6.10. The van der Waals surface area contributed by atoms with Crippen molar-refractivity contribution in [1.29, 1.82) is 0 Å². The number of ether oxygens (including phenoxy) is 3. The summed E-state index contributed by atoms with van der Waals surface area (Å²) >= 11 is 0. The summed E-state index contributed by atoms with van der Waals surface area (Å²) in [4.78, 5) is 29.5. The first-order chi connectivity index (χ1) is 14.4. The molecule has 158 valence electrons. The van der Waals surface area contributed by atoms with Gasteiger partial charge in [-0.15, -0.1) is 0 Å². The zero-order chi connectivity index (χ0) is 21.8. The highest BCUT2D eigenvalue weighted by Crippen LogP contribution is 2.38. The van der Waals surface area contributed by atoms with E-state index in [1.165, 1.54) is 33.5 Å². The number of imidazole rings is 1. The first-order valence-corrected chi connectivity index (χ1v) is 9.31. The van der Waals surface area contributed by atoms with E-state index in [2.05, 4.69) is 20.4 Å². The minimum absolute atomic E-state index is 0.234. The van der Waals surface area contributed by atoms with Gasteiger partial charge in [0.05, 0.1) is 32.4 Å². The van der Waals surface area contributed by atoms with Gasteiger partial charge in [-0.3, -0.25) is 20.4 Å². The third-order valence-electron chi connectivity index (χ3n) is 4.73. The monoisotopic (exact) mass is 412 g/mol. The smallest absolute Gasteiger partial charge is 0.269 e. The molecule has 30 heavy (non-hydrogen) atoms. The molecule has 0 aliphatic heterocycles. The van der Waals surface area contributed by atoms with Crippen LogP contribution in [-0.4, -0.2) is 42.7 Å². The van der Waals surface area contributed by atoms with E-state index < -0.39 is 11.8 Å². The van der Waals surface area contributed by atoms with Gasteiger partial charge in [-0.05, 0) is 44.2 Å². The van der Waals surface area contributed by atoms with Crippen LogP contribution in [0.1, 0.15) is 33.5 Å². The molecule has 0 aliphatic rings. The van der Waals surface area contributed by atoms with Gasteiger partial charge in [0.1, 0.15) is 5.82 Å². The van der Waals surface area contributed by atoms with Gasteiger partial charge in [-0.1, -0.05) is 0 Å². The molecule has 0 bridgehead atoms. The van der Waals surface area contributed by atoms with Crippen LogP contribution in [0.3, 0.4) is 0 Å². The Bertz CT molecular complexity index is 1080. The average Bonchev–Trinajstić information content (AvgIpc) is 3.09. The van der Waals surface area contributed by atoms with Crippen LogP contribution in [0.4, 0.5) is 0 Å². The number of carbonyl (C=O) groups excluding carboxylic acids is 2. The number of rotatable bonds is 6. The van der Waals surface area contributed by atoms with Crippen LogP contribution in [0.15, 0.2) is 30.3 Å². The number of aryl methyl sites for hydroxylation is 2. The molecule has 1 heterocycles. The van der Waals surface area contributed by atoms with Crippen LogP contribution in [-0.2, 0) is 6.54 Å². The van der Waals surface area contributed by atoms with Crippen LogP contribution in [0.5, 0.6) is 17.2 Å². The number of fused-ring (bicyclic) bond motifs is 1. The molecule has 1 aromatic heterocycles. The first-order valence-electron chi connectivity index (χ1n) is 9.31. The predicted octanol–water partition coefficient (Wildman–Crippen LogP) is 2.47. The van der Waals surface area contributed by atoms with Gasteiger partial charge in [-0.2, -0.15) is 0 Å². The van der Waals surface area contributed by atoms with Crippen molar-refractivity contribution < 1.29 is 23.8 Å². The second kappa shape index (κ2) is 8.73. The summed E-state index contributed by atoms with van der Waals surface area (Å²) in [6, 6.07) is 8.21. The largest absolute Gasteiger partial charge is 0.493 e. The highest BCUT2D eigenvalue weighted by Gasteiger charge is 2.18. The molecule has 0 saturated heterocycles. The van der Waals surface area contributed by atoms with E-state index in [0.29, 0.717) is 22.8 Å². The van der Waals surface area contributed by atoms with Gasteiger partial charge in [-0.25, -0.2) is 4.98 Å². The first kappa shape index (κ1) is 21.0. The maximum atomic E-state index is 12.5. The molecule has 0 spiro atoms. The lowest BCUT2D eigenvalue weighted by Crippen LogP contribution is -2.41. The zero-order valence-corrected chi connectivity index (χ0v) is 17.5. The van der Waals surface area contributed by atoms with Crippen molar-refractivity contribution in [3.05, 3.63) is 47.3 Å². The van der Waals surface area contributed by atoms with E-state index in [4.69, 9.17) is 14.2 Å². The summed E-state index contributed by atoms with van der Waals surface area (Å²) in [5.74, 6) is 0.925. The van der Waals surface area contributed by atoms with Crippen molar-refractivity contribution in [1.82, 2.24) is 20.4 Å². The number of hydrogen-bond acceptors (Lipinski definition) is 6. The number of carbonyl (C=O) groups is 2. The van der Waals surface area contributed by atoms with Crippen LogP contribution in [0.25, 0.3) is 11.0 Å². The number of hydrazine groups is 1. The highest BCUT2D eigenvalue weighted by atomic mass is 16.5. The number of nitrogens with one attached hydrogen (secondary N) is 2. The van der Waals surface area contributed by atoms with Crippen molar-refractivity contribution >= 4 is 22.8 Å². The average molecular weight is 412 g/mol. The van der Waals surface area contributed by atoms with Gasteiger partial charge < -0.3 is 18.8 Å². The number of nitrogens with zero attached hydrogens (tertiary/aromatic N) is 2. The minimum Gasteiger partial charge on any atom is -0.493 e. The quantitative estimate of drug-likeness (QED) is 0.603. The summed E-state index contributed by atoms with van der Waals surface area (Å²) in [7, 11) is 4.39. The second-order valence-corrected chi connectivity index (χ2v) is 6.43. The van der Waals surface area contributed by atoms with Crippen LogP contribution < -0.4 is 25.1 Å². The lowest BCUT2D eigenvalue weighted by atomic mass is 10.1. The van der Waals surface area contributed by atoms with E-state index in [1.54, 1.807) is 12.1 Å². The molecule has 2 aromatic carbocycles. The Morgan fingerprint density at radius 1 is 0.933 bits per heavy atom. The van der Waals surface area contributed by atoms with E-state index in [1.807, 2.05) is 19.9 Å². The van der Waals surface area contributed by atoms with Crippen LogP contribution >= 0.6 is 0 Å². The molecular formula is C21H24N4O5. The third kappa shape index (κ3) is 3.86. The van der Waals surface area contributed by atoms with E-state index in [-0.39, 0.29) is 5.56 Å². The molecule has 0 atom stereocenters. The fourth-order valence-electron chi connectivity index (χ4n) is 3.26. The van der Waals surface area contributed by atoms with Gasteiger partial charge >= 0.3 is 0 Å². The van der Waals surface area contributed by atoms with Crippen molar-refractivity contribution in [2.45, 2.75) is 20.4 Å². The standard InChI is InChI=1S/C21H24N4O5/c1-6-25-12(2)22-15-9-13(7-8-16(15)25)20(26)23-24-21(27)14-10-17(28-3)19(30-5)18(11-14)29-4/h7-11H,6H2,1-5H3,(H,23,26)(H,24,27). The van der Waals surface area contributed by atoms with Gasteiger partial charge in [0, 0.05) is 17.7 Å². The normalized spacial score (nSPS) is 10.6. The van der Waals surface area contributed by atoms with E-state index in [9.17, 15) is 9.59 Å². The van der Waals surface area contributed by atoms with Crippen LogP contribution in [0.2, 0.25) is 0 Å². The lowest BCUT2D eigenvalue weighted by molar-refractivity contribution is 0.0846. The molecule has 0 saturated carbocycles. The molecule has 2 amide bonds. The van der Waals surface area contributed by atoms with Gasteiger partial charge in [0.25, 0.3) is 11.8 Å². The Morgan fingerprint density at radius 2 is 1.53 bits per heavy atom. The molecule has 9 heteroatoms. The topological polar surface area (TPSA) is 104 Å². The minimum atomic E-state index is -0.533. The summed E-state index contributed by atoms with van der Waals surface area (Å²) in [6.07, 6.45) is 0. The van der Waals surface area contributed by atoms with Crippen molar-refractivity contribution in [2.24, 2.45) is 0 Å². The SMILES string of the molecule is CCn1c(C)nc2cc(C(=O)NNC(=O)c3cc(OC)c(OC)c(OC)c3)ccc21. The molecule has 3 rings (SSSR count). The summed E-state index contributed by atoms with van der Waals surface area (Å²) < 4.78 is 17.8. The molecule has 9 nitrogen and oxygen atoms in total. The van der Waals surface area contributed by atoms with Crippen molar-refractivity contribution in [3.8, 4) is 17.2 Å². The molecule has 0 unspecified atom stereocenters. The Hall–Kier alpha value is -3.75. The van der Waals surface area contributed by atoms with E-state index >= 15 is 0 Å². The van der Waals surface area contributed by atoms with Crippen molar-refractivity contribution in [3.63, 3.8) is 0 Å². The Balaban J connectivity index is 1.76. The Morgan fingerprint density at radius 3 is 2.07 bits per heavy atom. The van der Waals surface area contributed by atoms with Gasteiger partial charge in [0.2, 0.25) is 5.75 Å². The summed E-state index contributed by atoms with van der Waals surface area (Å²) in [6.45, 7) is 4.74. The molecule has 3 aromatic rings. The molecule has 0 radical (unpaired) electrons. The van der Waals surface area contributed by atoms with Crippen molar-refractivity contribution in [2.75, 3.05) is 21.3 Å². The summed E-state index contributed by atoms with van der Waals surface area (Å²) in [5, 5.41) is 0. The van der Waals surface area contributed by atoms with Crippen LogP contribution in [0, 0.1) is 6.92 Å². The predicted molar refractivity (Wildman–Crippen MR) is 111 cm³/mol. The number of aromatic nitrogens is 2. The maximum absolute atomic E-state index is 12.5. The zero-order valence-electron chi connectivity index (χ0n) is 17.5. The number of methoxy groups -OCH3 is 3. The lowest BCUT2D eigenvalue weighted by Gasteiger charge is -2.14. The third-order valence-corrected chi connectivity index (χ3v) is 4.73. The number of benzene rings is 2. The maximum Gasteiger partial charge on any atom is 0.269 e. The molecule has 0 fully saturated rings. The number of amides is 2. The Labute approximate surface area is 173 Å². The molecule has 0 aliphatic carbocycles. The highest BCUT2D eigenvalue weighted by molar-refractivity contribution is 6.01. The number of hydrogen-bond donors (Lipinski definition) is 2. The fraction of sp³-hybridized carbons (Fsp3) is 0.286.